The van der Waals surface area contributed by atoms with Gasteiger partial charge in [0, 0.05) is 32.7 Å². The third-order valence-electron chi connectivity index (χ3n) is 6.02. The molecule has 0 aromatic heterocycles. The summed E-state index contributed by atoms with van der Waals surface area (Å²) in [4.78, 5) is 45.9. The highest BCUT2D eigenvalue weighted by Gasteiger charge is 2.51. The molecule has 3 aliphatic heterocycles. The third-order valence-corrected chi connectivity index (χ3v) is 6.02. The number of Topliss-reactive ketones (excluding diaryl/α,β-unsaturated/α-hetero) is 1. The number of rotatable bonds is 5. The van der Waals surface area contributed by atoms with Crippen LogP contribution in [0, 0.1) is 5.92 Å². The zero-order valence-electron chi connectivity index (χ0n) is 16.8. The molecule has 0 aromatic carbocycles. The lowest BCUT2D eigenvalue weighted by Crippen LogP contribution is -2.51. The van der Waals surface area contributed by atoms with Crippen LogP contribution in [0.5, 0.6) is 0 Å². The smallest absolute Gasteiger partial charge is 0.240 e. The van der Waals surface area contributed by atoms with Gasteiger partial charge in [0.2, 0.25) is 11.8 Å². The van der Waals surface area contributed by atoms with E-state index in [1.54, 1.807) is 9.80 Å². The monoisotopic (exact) mass is 379 g/mol. The molecule has 3 unspecified atom stereocenters. The van der Waals surface area contributed by atoms with Crippen LogP contribution in [0.1, 0.15) is 26.7 Å². The summed E-state index contributed by atoms with van der Waals surface area (Å²) in [5.74, 6) is 0.136. The summed E-state index contributed by atoms with van der Waals surface area (Å²) in [6.45, 7) is 8.67. The van der Waals surface area contributed by atoms with Gasteiger partial charge >= 0.3 is 0 Å². The summed E-state index contributed by atoms with van der Waals surface area (Å²) < 4.78 is 0. The van der Waals surface area contributed by atoms with Gasteiger partial charge in [0.1, 0.15) is 6.04 Å². The summed E-state index contributed by atoms with van der Waals surface area (Å²) in [5.41, 5.74) is 6.06. The van der Waals surface area contributed by atoms with Gasteiger partial charge in [0.25, 0.3) is 0 Å². The van der Waals surface area contributed by atoms with E-state index in [0.29, 0.717) is 31.8 Å². The van der Waals surface area contributed by atoms with Crippen LogP contribution in [0.4, 0.5) is 0 Å². The summed E-state index contributed by atoms with van der Waals surface area (Å²) in [6, 6.07) is -1.27. The Morgan fingerprint density at radius 3 is 2.41 bits per heavy atom. The minimum atomic E-state index is -0.577. The Hall–Kier alpha value is -1.51. The van der Waals surface area contributed by atoms with Crippen molar-refractivity contribution < 1.29 is 14.4 Å². The lowest BCUT2D eigenvalue weighted by molar-refractivity contribution is -0.137. The first-order valence-electron chi connectivity index (χ1n) is 10.1. The minimum Gasteiger partial charge on any atom is -0.329 e. The van der Waals surface area contributed by atoms with Gasteiger partial charge in [-0.15, -0.1) is 0 Å². The molecule has 0 aliphatic carbocycles. The van der Waals surface area contributed by atoms with Crippen LogP contribution < -0.4 is 5.73 Å². The third kappa shape index (κ3) is 4.33. The highest BCUT2D eigenvalue weighted by Crippen LogP contribution is 2.30. The number of nitrogens with two attached hydrogens (primary N) is 1. The van der Waals surface area contributed by atoms with Gasteiger partial charge in [-0.3, -0.25) is 19.3 Å². The first-order valence-corrected chi connectivity index (χ1v) is 10.1. The van der Waals surface area contributed by atoms with E-state index in [-0.39, 0.29) is 30.2 Å². The lowest BCUT2D eigenvalue weighted by Gasteiger charge is -2.33. The molecule has 3 aliphatic rings. The first kappa shape index (κ1) is 20.2. The van der Waals surface area contributed by atoms with E-state index < -0.39 is 12.1 Å². The molecule has 2 amide bonds. The Bertz CT molecular complexity index is 588. The van der Waals surface area contributed by atoms with E-state index in [4.69, 9.17) is 5.73 Å². The summed E-state index contributed by atoms with van der Waals surface area (Å²) in [7, 11) is 2.08. The average molecular weight is 380 g/mol. The maximum Gasteiger partial charge on any atom is 0.240 e. The Morgan fingerprint density at radius 1 is 1.11 bits per heavy atom. The number of hydrogen-bond donors (Lipinski definition) is 1. The van der Waals surface area contributed by atoms with Crippen LogP contribution in [0.3, 0.4) is 0 Å². The second-order valence-electron chi connectivity index (χ2n) is 8.64. The van der Waals surface area contributed by atoms with Crippen molar-refractivity contribution in [1.29, 1.82) is 0 Å². The molecule has 3 saturated heterocycles. The number of fused-ring (bicyclic) bond motifs is 1. The zero-order valence-corrected chi connectivity index (χ0v) is 16.8. The number of likely N-dealkylation sites (tertiary alicyclic amines) is 2. The fourth-order valence-electron chi connectivity index (χ4n) is 4.50. The molecule has 0 spiro atoms. The first-order chi connectivity index (χ1) is 12.8. The Labute approximate surface area is 161 Å². The van der Waals surface area contributed by atoms with Crippen molar-refractivity contribution >= 4 is 17.6 Å². The van der Waals surface area contributed by atoms with Gasteiger partial charge < -0.3 is 20.4 Å². The standard InChI is InChI=1S/C19H33N5O3/c1-13(2)10-14(20)19(27)23-5-4-15-18(23)16(25)11-24(15)17(26)12-22-8-6-21(3)7-9-22/h13-15,18H,4-12,20H2,1-3H3. The fourth-order valence-corrected chi connectivity index (χ4v) is 4.50. The van der Waals surface area contributed by atoms with Crippen molar-refractivity contribution in [3.8, 4) is 0 Å². The van der Waals surface area contributed by atoms with Crippen molar-refractivity contribution in [2.45, 2.75) is 44.8 Å². The fraction of sp³-hybridized carbons (Fsp3) is 0.842. The van der Waals surface area contributed by atoms with Crippen molar-refractivity contribution in [2.24, 2.45) is 11.7 Å². The number of likely N-dealkylation sites (N-methyl/N-ethyl adjacent to an activating group) is 1. The predicted molar refractivity (Wildman–Crippen MR) is 102 cm³/mol. The molecule has 27 heavy (non-hydrogen) atoms. The second kappa shape index (κ2) is 8.24. The number of ketones is 1. The Morgan fingerprint density at radius 2 is 1.78 bits per heavy atom. The molecule has 3 fully saturated rings. The van der Waals surface area contributed by atoms with Crippen molar-refractivity contribution in [3.63, 3.8) is 0 Å². The van der Waals surface area contributed by atoms with Gasteiger partial charge in [-0.05, 0) is 25.8 Å². The topological polar surface area (TPSA) is 90.2 Å². The van der Waals surface area contributed by atoms with Crippen molar-refractivity contribution in [3.05, 3.63) is 0 Å². The van der Waals surface area contributed by atoms with Crippen LogP contribution in [0.25, 0.3) is 0 Å². The highest BCUT2D eigenvalue weighted by atomic mass is 16.2. The van der Waals surface area contributed by atoms with E-state index in [2.05, 4.69) is 16.8 Å². The van der Waals surface area contributed by atoms with Gasteiger partial charge in [-0.25, -0.2) is 0 Å². The predicted octanol–water partition coefficient (Wildman–Crippen LogP) is -1.01. The summed E-state index contributed by atoms with van der Waals surface area (Å²) in [6.07, 6.45) is 1.26. The Balaban J connectivity index is 1.61. The molecule has 0 saturated carbocycles. The molecule has 0 radical (unpaired) electrons. The number of hydrogen-bond acceptors (Lipinski definition) is 6. The van der Waals surface area contributed by atoms with Crippen LogP contribution >= 0.6 is 0 Å². The van der Waals surface area contributed by atoms with E-state index >= 15 is 0 Å². The summed E-state index contributed by atoms with van der Waals surface area (Å²) >= 11 is 0. The number of carbonyl (C=O) groups excluding carboxylic acids is 3. The zero-order chi connectivity index (χ0) is 19.7. The molecule has 8 nitrogen and oxygen atoms in total. The lowest BCUT2D eigenvalue weighted by atomic mass is 10.0. The number of nitrogens with zero attached hydrogens (tertiary/aromatic N) is 4. The van der Waals surface area contributed by atoms with E-state index in [1.165, 1.54) is 0 Å². The van der Waals surface area contributed by atoms with E-state index in [9.17, 15) is 14.4 Å². The second-order valence-corrected chi connectivity index (χ2v) is 8.64. The Kier molecular flexibility index (Phi) is 6.18. The van der Waals surface area contributed by atoms with Crippen molar-refractivity contribution in [2.75, 3.05) is 52.9 Å². The maximum absolute atomic E-state index is 12.8. The molecular weight excluding hydrogens is 346 g/mol. The van der Waals surface area contributed by atoms with Crippen molar-refractivity contribution in [1.82, 2.24) is 19.6 Å². The average Bonchev–Trinajstić information content (AvgIpc) is 3.17. The largest absolute Gasteiger partial charge is 0.329 e. The molecule has 0 aromatic rings. The SMILES string of the molecule is CC(C)CC(N)C(=O)N1CCC2C1C(=O)CN2C(=O)CN1CCN(C)CC1. The molecule has 0 bridgehead atoms. The normalized spacial score (nSPS) is 28.1. The van der Waals surface area contributed by atoms with Crippen LogP contribution in [-0.2, 0) is 14.4 Å². The van der Waals surface area contributed by atoms with Crippen LogP contribution in [-0.4, -0.2) is 108 Å². The molecule has 2 N–H and O–H groups in total. The molecule has 3 atom stereocenters. The van der Waals surface area contributed by atoms with Gasteiger partial charge in [0.05, 0.1) is 25.2 Å². The highest BCUT2D eigenvalue weighted by molar-refractivity contribution is 5.98. The van der Waals surface area contributed by atoms with E-state index in [1.807, 2.05) is 13.8 Å². The quantitative estimate of drug-likeness (QED) is 0.658. The number of carbonyl (C=O) groups is 3. The van der Waals surface area contributed by atoms with Crippen LogP contribution in [0.2, 0.25) is 0 Å². The molecule has 3 rings (SSSR count). The number of piperazine rings is 1. The van der Waals surface area contributed by atoms with Gasteiger partial charge in [0.15, 0.2) is 5.78 Å². The van der Waals surface area contributed by atoms with Gasteiger partial charge in [-0.2, -0.15) is 0 Å². The number of amides is 2. The molecule has 3 heterocycles. The molecule has 152 valence electrons. The van der Waals surface area contributed by atoms with E-state index in [0.717, 1.165) is 26.2 Å². The summed E-state index contributed by atoms with van der Waals surface area (Å²) in [5, 5.41) is 0. The van der Waals surface area contributed by atoms with Crippen LogP contribution in [0.15, 0.2) is 0 Å². The molecular formula is C19H33N5O3. The maximum atomic E-state index is 12.8. The minimum absolute atomic E-state index is 0.00109. The van der Waals surface area contributed by atoms with Gasteiger partial charge in [-0.1, -0.05) is 13.8 Å². The molecule has 8 heteroatoms.